The Morgan fingerprint density at radius 1 is 1.26 bits per heavy atom. The fourth-order valence-corrected chi connectivity index (χ4v) is 3.71. The smallest absolute Gasteiger partial charge is 0.328 e. The third-order valence-electron chi connectivity index (χ3n) is 4.72. The third kappa shape index (κ3) is 2.41. The average molecular weight is 268 g/mol. The van der Waals surface area contributed by atoms with Gasteiger partial charge in [-0.05, 0) is 31.1 Å². The number of aliphatic carboxylic acids is 1. The highest BCUT2D eigenvalue weighted by atomic mass is 16.5. The molecule has 106 valence electrons. The number of carboxylic acids is 1. The summed E-state index contributed by atoms with van der Waals surface area (Å²) in [6.07, 6.45) is 4.75. The van der Waals surface area contributed by atoms with Crippen molar-refractivity contribution in [3.8, 4) is 0 Å². The van der Waals surface area contributed by atoms with Crippen molar-refractivity contribution in [1.29, 1.82) is 0 Å². The molecule has 2 bridgehead atoms. The number of carboxylic acid groups (broad SMARTS) is 1. The topological polar surface area (TPSA) is 78.9 Å². The molecule has 0 radical (unpaired) electrons. The van der Waals surface area contributed by atoms with Crippen molar-refractivity contribution < 1.29 is 19.4 Å². The van der Waals surface area contributed by atoms with Crippen LogP contribution in [0.4, 0.5) is 4.79 Å². The molecular formula is C13H20N2O4. The Balaban J connectivity index is 1.61. The van der Waals surface area contributed by atoms with Crippen molar-refractivity contribution >= 4 is 12.0 Å². The fourth-order valence-electron chi connectivity index (χ4n) is 3.71. The molecule has 2 saturated carbocycles. The molecule has 3 aliphatic rings. The monoisotopic (exact) mass is 268 g/mol. The number of carbonyl (C=O) groups is 2. The Labute approximate surface area is 112 Å². The highest BCUT2D eigenvalue weighted by Crippen LogP contribution is 2.44. The first-order chi connectivity index (χ1) is 9.15. The largest absolute Gasteiger partial charge is 0.480 e. The normalized spacial score (nSPS) is 37.4. The molecule has 6 heteroatoms. The maximum atomic E-state index is 12.2. The maximum absolute atomic E-state index is 12.2. The summed E-state index contributed by atoms with van der Waals surface area (Å²) in [5, 5.41) is 12.2. The number of nitrogens with zero attached hydrogens (tertiary/aromatic N) is 1. The molecule has 4 unspecified atom stereocenters. The highest BCUT2D eigenvalue weighted by molar-refractivity contribution is 5.83. The van der Waals surface area contributed by atoms with E-state index in [1.807, 2.05) is 0 Å². The van der Waals surface area contributed by atoms with Crippen LogP contribution in [-0.2, 0) is 9.53 Å². The number of hydrogen-bond acceptors (Lipinski definition) is 3. The van der Waals surface area contributed by atoms with E-state index in [1.165, 1.54) is 24.2 Å². The summed E-state index contributed by atoms with van der Waals surface area (Å²) in [7, 11) is 0. The van der Waals surface area contributed by atoms with Gasteiger partial charge in [0.15, 0.2) is 6.04 Å². The zero-order valence-electron chi connectivity index (χ0n) is 10.9. The first-order valence-corrected chi connectivity index (χ1v) is 7.03. The standard InChI is InChI=1S/C13H20N2O4/c16-12(17)11-7-19-4-3-15(11)13(18)14-10-6-8-1-2-9(10)5-8/h8-11H,1-7H2,(H,14,18)(H,16,17). The minimum atomic E-state index is -0.997. The number of hydrogen-bond donors (Lipinski definition) is 2. The number of ether oxygens (including phenoxy) is 1. The van der Waals surface area contributed by atoms with Crippen LogP contribution in [0.25, 0.3) is 0 Å². The van der Waals surface area contributed by atoms with Crippen LogP contribution >= 0.6 is 0 Å². The molecule has 2 N–H and O–H groups in total. The van der Waals surface area contributed by atoms with Crippen LogP contribution in [0.2, 0.25) is 0 Å². The highest BCUT2D eigenvalue weighted by Gasteiger charge is 2.41. The second kappa shape index (κ2) is 5.00. The van der Waals surface area contributed by atoms with Gasteiger partial charge >= 0.3 is 12.0 Å². The molecule has 0 spiro atoms. The molecule has 6 nitrogen and oxygen atoms in total. The lowest BCUT2D eigenvalue weighted by atomic mass is 9.95. The molecule has 3 rings (SSSR count). The van der Waals surface area contributed by atoms with Gasteiger partial charge in [0, 0.05) is 12.6 Å². The molecule has 1 heterocycles. The molecule has 3 fully saturated rings. The summed E-state index contributed by atoms with van der Waals surface area (Å²) in [5.41, 5.74) is 0. The van der Waals surface area contributed by atoms with E-state index in [0.717, 1.165) is 12.3 Å². The number of nitrogens with one attached hydrogen (secondary N) is 1. The molecular weight excluding hydrogens is 248 g/mol. The van der Waals surface area contributed by atoms with Gasteiger partial charge in [-0.25, -0.2) is 9.59 Å². The summed E-state index contributed by atoms with van der Waals surface area (Å²) in [6.45, 7) is 0.844. The van der Waals surface area contributed by atoms with Crippen molar-refractivity contribution in [2.24, 2.45) is 11.8 Å². The van der Waals surface area contributed by atoms with E-state index in [2.05, 4.69) is 5.32 Å². The predicted octanol–water partition coefficient (Wildman–Crippen LogP) is 0.670. The molecule has 2 amide bonds. The van der Waals surface area contributed by atoms with E-state index in [4.69, 9.17) is 9.84 Å². The fraction of sp³-hybridized carbons (Fsp3) is 0.846. The minimum Gasteiger partial charge on any atom is -0.480 e. The van der Waals surface area contributed by atoms with Gasteiger partial charge in [0.2, 0.25) is 0 Å². The number of rotatable bonds is 2. The van der Waals surface area contributed by atoms with Crippen LogP contribution in [0.15, 0.2) is 0 Å². The predicted molar refractivity (Wildman–Crippen MR) is 66.7 cm³/mol. The van der Waals surface area contributed by atoms with Crippen LogP contribution in [-0.4, -0.2) is 53.8 Å². The lowest BCUT2D eigenvalue weighted by Gasteiger charge is -2.34. The van der Waals surface area contributed by atoms with E-state index in [-0.39, 0.29) is 18.7 Å². The first-order valence-electron chi connectivity index (χ1n) is 7.03. The molecule has 0 aromatic heterocycles. The number of carbonyl (C=O) groups excluding carboxylic acids is 1. The van der Waals surface area contributed by atoms with Gasteiger partial charge in [-0.1, -0.05) is 6.42 Å². The summed E-state index contributed by atoms with van der Waals surface area (Å²) in [5.74, 6) is 0.358. The Hall–Kier alpha value is -1.30. The molecule has 1 saturated heterocycles. The van der Waals surface area contributed by atoms with E-state index < -0.39 is 12.0 Å². The number of urea groups is 1. The number of morpholine rings is 1. The van der Waals surface area contributed by atoms with Gasteiger partial charge in [-0.15, -0.1) is 0 Å². The van der Waals surface area contributed by atoms with E-state index in [1.54, 1.807) is 0 Å². The van der Waals surface area contributed by atoms with Gasteiger partial charge < -0.3 is 20.1 Å². The number of amides is 2. The average Bonchev–Trinajstić information content (AvgIpc) is 3.01. The summed E-state index contributed by atoms with van der Waals surface area (Å²) in [6, 6.07) is -0.857. The Bertz CT molecular complexity index is 387. The van der Waals surface area contributed by atoms with Crippen molar-refractivity contribution in [2.75, 3.05) is 19.8 Å². The Kier molecular flexibility index (Phi) is 3.35. The molecule has 0 aromatic rings. The Morgan fingerprint density at radius 3 is 2.74 bits per heavy atom. The summed E-state index contributed by atoms with van der Waals surface area (Å²) >= 11 is 0. The van der Waals surface area contributed by atoms with Gasteiger partial charge in [-0.2, -0.15) is 0 Å². The first kappa shape index (κ1) is 12.7. The lowest BCUT2D eigenvalue weighted by Crippen LogP contribution is -2.57. The van der Waals surface area contributed by atoms with Crippen molar-refractivity contribution in [1.82, 2.24) is 10.2 Å². The molecule has 0 aromatic carbocycles. The summed E-state index contributed by atoms with van der Waals surface area (Å²) in [4.78, 5) is 24.8. The van der Waals surface area contributed by atoms with Crippen molar-refractivity contribution in [2.45, 2.75) is 37.8 Å². The van der Waals surface area contributed by atoms with E-state index in [9.17, 15) is 9.59 Å². The van der Waals surface area contributed by atoms with Crippen LogP contribution in [0.5, 0.6) is 0 Å². The van der Waals surface area contributed by atoms with Gasteiger partial charge in [0.1, 0.15) is 0 Å². The van der Waals surface area contributed by atoms with Gasteiger partial charge in [0.25, 0.3) is 0 Å². The van der Waals surface area contributed by atoms with E-state index >= 15 is 0 Å². The van der Waals surface area contributed by atoms with Crippen LogP contribution in [0, 0.1) is 11.8 Å². The minimum absolute atomic E-state index is 0.0828. The van der Waals surface area contributed by atoms with Crippen LogP contribution < -0.4 is 5.32 Å². The SMILES string of the molecule is O=C(O)C1COCCN1C(=O)NC1CC2CCC1C2. The van der Waals surface area contributed by atoms with Crippen LogP contribution in [0.3, 0.4) is 0 Å². The number of fused-ring (bicyclic) bond motifs is 2. The van der Waals surface area contributed by atoms with Crippen molar-refractivity contribution in [3.05, 3.63) is 0 Å². The molecule has 4 atom stereocenters. The second-order valence-corrected chi connectivity index (χ2v) is 5.85. The maximum Gasteiger partial charge on any atom is 0.328 e. The molecule has 2 aliphatic carbocycles. The summed E-state index contributed by atoms with van der Waals surface area (Å²) < 4.78 is 5.14. The lowest BCUT2D eigenvalue weighted by molar-refractivity contribution is -0.147. The Morgan fingerprint density at radius 2 is 2.11 bits per heavy atom. The van der Waals surface area contributed by atoms with Gasteiger partial charge in [0.05, 0.1) is 13.2 Å². The quantitative estimate of drug-likeness (QED) is 0.771. The zero-order chi connectivity index (χ0) is 13.4. The van der Waals surface area contributed by atoms with Crippen LogP contribution in [0.1, 0.15) is 25.7 Å². The molecule has 19 heavy (non-hydrogen) atoms. The molecule has 1 aliphatic heterocycles. The zero-order valence-corrected chi connectivity index (χ0v) is 10.9. The van der Waals surface area contributed by atoms with Gasteiger partial charge in [-0.3, -0.25) is 0 Å². The third-order valence-corrected chi connectivity index (χ3v) is 4.72. The second-order valence-electron chi connectivity index (χ2n) is 5.85. The van der Waals surface area contributed by atoms with E-state index in [0.29, 0.717) is 19.1 Å². The van der Waals surface area contributed by atoms with Crippen molar-refractivity contribution in [3.63, 3.8) is 0 Å².